The van der Waals surface area contributed by atoms with Crippen LogP contribution in [0.4, 0.5) is 5.69 Å². The van der Waals surface area contributed by atoms with Gasteiger partial charge in [-0.05, 0) is 67.9 Å². The zero-order valence-electron chi connectivity index (χ0n) is 16.9. The number of amides is 2. The zero-order valence-corrected chi connectivity index (χ0v) is 16.9. The molecular weight excluding hydrogens is 348 g/mol. The lowest BCUT2D eigenvalue weighted by Crippen LogP contribution is -2.38. The number of piperidine rings is 1. The Hall–Kier alpha value is -2.62. The summed E-state index contributed by atoms with van der Waals surface area (Å²) in [6, 6.07) is 15.8. The van der Waals surface area contributed by atoms with Gasteiger partial charge in [-0.1, -0.05) is 37.3 Å². The number of nitrogens with zero attached hydrogens (tertiary/aromatic N) is 1. The van der Waals surface area contributed by atoms with Crippen LogP contribution in [0.15, 0.2) is 48.5 Å². The average Bonchev–Trinajstić information content (AvgIpc) is 2.72. The van der Waals surface area contributed by atoms with E-state index in [1.807, 2.05) is 54.3 Å². The Morgan fingerprint density at radius 1 is 1.07 bits per heavy atom. The van der Waals surface area contributed by atoms with Gasteiger partial charge < -0.3 is 10.2 Å². The van der Waals surface area contributed by atoms with E-state index in [9.17, 15) is 9.59 Å². The van der Waals surface area contributed by atoms with Gasteiger partial charge in [-0.3, -0.25) is 9.59 Å². The quantitative estimate of drug-likeness (QED) is 0.783. The smallest absolute Gasteiger partial charge is 0.254 e. The molecule has 0 bridgehead atoms. The van der Waals surface area contributed by atoms with E-state index in [4.69, 9.17) is 0 Å². The first-order valence-electron chi connectivity index (χ1n) is 10.3. The molecule has 2 amide bonds. The fourth-order valence-corrected chi connectivity index (χ4v) is 3.84. The third-order valence-corrected chi connectivity index (χ3v) is 5.68. The van der Waals surface area contributed by atoms with Crippen LogP contribution in [0.25, 0.3) is 0 Å². The van der Waals surface area contributed by atoms with Crippen molar-refractivity contribution in [2.75, 3.05) is 18.4 Å². The number of anilines is 1. The predicted octanol–water partition coefficient (Wildman–Crippen LogP) is 4.83. The van der Waals surface area contributed by atoms with Crippen molar-refractivity contribution in [3.63, 3.8) is 0 Å². The molecule has 0 spiro atoms. The van der Waals surface area contributed by atoms with Crippen LogP contribution in [0.2, 0.25) is 0 Å². The summed E-state index contributed by atoms with van der Waals surface area (Å²) in [4.78, 5) is 26.9. The van der Waals surface area contributed by atoms with Crippen LogP contribution in [0, 0.1) is 12.8 Å². The number of nitrogens with one attached hydrogen (secondary N) is 1. The van der Waals surface area contributed by atoms with Crippen LogP contribution < -0.4 is 5.32 Å². The van der Waals surface area contributed by atoms with E-state index in [-0.39, 0.29) is 11.8 Å². The van der Waals surface area contributed by atoms with E-state index >= 15 is 0 Å². The number of hydrogen-bond donors (Lipinski definition) is 1. The number of rotatable bonds is 6. The molecule has 0 saturated carbocycles. The van der Waals surface area contributed by atoms with E-state index < -0.39 is 0 Å². The first kappa shape index (κ1) is 20.1. The van der Waals surface area contributed by atoms with E-state index in [1.165, 1.54) is 5.56 Å². The Morgan fingerprint density at radius 3 is 2.54 bits per heavy atom. The molecule has 0 aliphatic carbocycles. The van der Waals surface area contributed by atoms with Gasteiger partial charge >= 0.3 is 0 Å². The van der Waals surface area contributed by atoms with Gasteiger partial charge in [0.2, 0.25) is 5.91 Å². The Labute approximate surface area is 167 Å². The molecule has 28 heavy (non-hydrogen) atoms. The SMILES string of the molecule is CCc1cccc(NC(=O)CCC2CCN(C(=O)c3ccccc3C)CC2)c1. The second kappa shape index (κ2) is 9.54. The molecule has 0 aromatic heterocycles. The van der Waals surface area contributed by atoms with Gasteiger partial charge in [-0.25, -0.2) is 0 Å². The highest BCUT2D eigenvalue weighted by Crippen LogP contribution is 2.24. The minimum atomic E-state index is 0.0756. The molecule has 2 aromatic rings. The molecule has 3 rings (SSSR count). The Kier molecular flexibility index (Phi) is 6.85. The van der Waals surface area contributed by atoms with Gasteiger partial charge in [0, 0.05) is 30.8 Å². The maximum Gasteiger partial charge on any atom is 0.254 e. The lowest BCUT2D eigenvalue weighted by molar-refractivity contribution is -0.116. The lowest BCUT2D eigenvalue weighted by Gasteiger charge is -2.32. The van der Waals surface area contributed by atoms with Crippen LogP contribution >= 0.6 is 0 Å². The molecule has 1 saturated heterocycles. The normalized spacial score (nSPS) is 14.7. The number of benzene rings is 2. The predicted molar refractivity (Wildman–Crippen MR) is 113 cm³/mol. The van der Waals surface area contributed by atoms with Crippen LogP contribution in [0.1, 0.15) is 54.1 Å². The van der Waals surface area contributed by atoms with Crippen molar-refractivity contribution in [3.8, 4) is 0 Å². The molecule has 2 aromatic carbocycles. The maximum atomic E-state index is 12.7. The highest BCUT2D eigenvalue weighted by atomic mass is 16.2. The summed E-state index contributed by atoms with van der Waals surface area (Å²) in [6.45, 7) is 5.64. The van der Waals surface area contributed by atoms with Crippen molar-refractivity contribution in [2.24, 2.45) is 5.92 Å². The molecule has 4 nitrogen and oxygen atoms in total. The van der Waals surface area contributed by atoms with Crippen molar-refractivity contribution >= 4 is 17.5 Å². The second-order valence-electron chi connectivity index (χ2n) is 7.69. The fourth-order valence-electron chi connectivity index (χ4n) is 3.84. The molecule has 1 fully saturated rings. The number of carbonyl (C=O) groups is 2. The molecular formula is C24H30N2O2. The molecule has 0 unspecified atom stereocenters. The van der Waals surface area contributed by atoms with Gasteiger partial charge in [0.15, 0.2) is 0 Å². The summed E-state index contributed by atoms with van der Waals surface area (Å²) in [5, 5.41) is 3.01. The van der Waals surface area contributed by atoms with Crippen molar-refractivity contribution < 1.29 is 9.59 Å². The first-order valence-corrected chi connectivity index (χ1v) is 10.3. The minimum absolute atomic E-state index is 0.0756. The molecule has 1 aliphatic rings. The van der Waals surface area contributed by atoms with E-state index in [1.54, 1.807) is 0 Å². The van der Waals surface area contributed by atoms with Crippen LogP contribution in [-0.2, 0) is 11.2 Å². The Morgan fingerprint density at radius 2 is 1.82 bits per heavy atom. The van der Waals surface area contributed by atoms with Crippen LogP contribution in [0.3, 0.4) is 0 Å². The fraction of sp³-hybridized carbons (Fsp3) is 0.417. The third-order valence-electron chi connectivity index (χ3n) is 5.68. The standard InChI is InChI=1S/C24H30N2O2/c1-3-19-8-6-9-21(17-19)25-23(27)12-11-20-13-15-26(16-14-20)24(28)22-10-5-4-7-18(22)2/h4-10,17,20H,3,11-16H2,1-2H3,(H,25,27). The summed E-state index contributed by atoms with van der Waals surface area (Å²) in [7, 11) is 0. The molecule has 0 radical (unpaired) electrons. The van der Waals surface area contributed by atoms with Gasteiger partial charge in [0.05, 0.1) is 0 Å². The lowest BCUT2D eigenvalue weighted by atomic mass is 9.91. The monoisotopic (exact) mass is 378 g/mol. The molecule has 0 atom stereocenters. The van der Waals surface area contributed by atoms with Crippen molar-refractivity contribution in [1.82, 2.24) is 4.90 Å². The highest BCUT2D eigenvalue weighted by molar-refractivity contribution is 5.95. The average molecular weight is 379 g/mol. The highest BCUT2D eigenvalue weighted by Gasteiger charge is 2.24. The van der Waals surface area contributed by atoms with Gasteiger partial charge in [0.1, 0.15) is 0 Å². The number of hydrogen-bond acceptors (Lipinski definition) is 2. The van der Waals surface area contributed by atoms with Gasteiger partial charge in [-0.2, -0.15) is 0 Å². The zero-order chi connectivity index (χ0) is 19.9. The Bertz CT molecular complexity index is 823. The van der Waals surface area contributed by atoms with E-state index in [0.29, 0.717) is 12.3 Å². The summed E-state index contributed by atoms with van der Waals surface area (Å²) in [5.41, 5.74) is 3.93. The maximum absolute atomic E-state index is 12.7. The van der Waals surface area contributed by atoms with Crippen LogP contribution in [-0.4, -0.2) is 29.8 Å². The van der Waals surface area contributed by atoms with Crippen LogP contribution in [0.5, 0.6) is 0 Å². The molecule has 1 aliphatic heterocycles. The van der Waals surface area contributed by atoms with Gasteiger partial charge in [0.25, 0.3) is 5.91 Å². The van der Waals surface area contributed by atoms with Gasteiger partial charge in [-0.15, -0.1) is 0 Å². The third kappa shape index (κ3) is 5.22. The molecule has 148 valence electrons. The summed E-state index contributed by atoms with van der Waals surface area (Å²) < 4.78 is 0. The van der Waals surface area contributed by atoms with E-state index in [0.717, 1.165) is 55.6 Å². The molecule has 1 heterocycles. The van der Waals surface area contributed by atoms with Crippen molar-refractivity contribution in [1.29, 1.82) is 0 Å². The van der Waals surface area contributed by atoms with E-state index in [2.05, 4.69) is 18.3 Å². The largest absolute Gasteiger partial charge is 0.339 e. The second-order valence-corrected chi connectivity index (χ2v) is 7.69. The summed E-state index contributed by atoms with van der Waals surface area (Å²) in [6.07, 6.45) is 4.31. The number of carbonyl (C=O) groups excluding carboxylic acids is 2. The first-order chi connectivity index (χ1) is 13.6. The summed E-state index contributed by atoms with van der Waals surface area (Å²) in [5.74, 6) is 0.713. The number of likely N-dealkylation sites (tertiary alicyclic amines) is 1. The van der Waals surface area contributed by atoms with Crippen molar-refractivity contribution in [2.45, 2.75) is 46.0 Å². The minimum Gasteiger partial charge on any atom is -0.339 e. The molecule has 4 heteroatoms. The Balaban J connectivity index is 1.43. The number of aryl methyl sites for hydroxylation is 2. The van der Waals surface area contributed by atoms with Crippen molar-refractivity contribution in [3.05, 3.63) is 65.2 Å². The topological polar surface area (TPSA) is 49.4 Å². The summed E-state index contributed by atoms with van der Waals surface area (Å²) >= 11 is 0. The molecule has 1 N–H and O–H groups in total.